The van der Waals surface area contributed by atoms with Gasteiger partial charge < -0.3 is 4.42 Å². The number of nitrogens with one attached hydrogen (secondary N) is 1. The number of hydrogen-bond acceptors (Lipinski definition) is 5. The first-order valence-corrected chi connectivity index (χ1v) is 8.26. The predicted molar refractivity (Wildman–Crippen MR) is 100 cm³/mol. The molecule has 0 unspecified atom stereocenters. The van der Waals surface area contributed by atoms with Crippen LogP contribution in [0, 0.1) is 10.1 Å². The molecule has 0 aliphatic rings. The molecular weight excluding hydrogens is 402 g/mol. The average Bonchev–Trinajstić information content (AvgIpc) is 3.10. The summed E-state index contributed by atoms with van der Waals surface area (Å²) in [5.74, 6) is 0.331. The quantitative estimate of drug-likeness (QED) is 0.381. The van der Waals surface area contributed by atoms with E-state index in [9.17, 15) is 14.9 Å². The SMILES string of the molecule is O=C(NN=Cc1ccc(-c2ccccc2[N+](=O)[O-])o1)c1cccc(Br)c1. The Hall–Kier alpha value is -3.26. The van der Waals surface area contributed by atoms with Gasteiger partial charge in [0, 0.05) is 16.1 Å². The van der Waals surface area contributed by atoms with Gasteiger partial charge in [0.25, 0.3) is 11.6 Å². The summed E-state index contributed by atoms with van der Waals surface area (Å²) in [6.45, 7) is 0. The summed E-state index contributed by atoms with van der Waals surface area (Å²) in [4.78, 5) is 22.6. The van der Waals surface area contributed by atoms with Crippen LogP contribution >= 0.6 is 15.9 Å². The van der Waals surface area contributed by atoms with E-state index >= 15 is 0 Å². The van der Waals surface area contributed by atoms with Crippen LogP contribution in [0.3, 0.4) is 0 Å². The Morgan fingerprint density at radius 1 is 1.15 bits per heavy atom. The zero-order valence-corrected chi connectivity index (χ0v) is 14.8. The molecule has 3 rings (SSSR count). The summed E-state index contributed by atoms with van der Waals surface area (Å²) in [5, 5.41) is 14.9. The van der Waals surface area contributed by atoms with E-state index in [-0.39, 0.29) is 11.6 Å². The zero-order chi connectivity index (χ0) is 18.5. The van der Waals surface area contributed by atoms with E-state index in [1.807, 2.05) is 6.07 Å². The standard InChI is InChI=1S/C18H12BrN3O4/c19-13-5-3-4-12(10-13)18(23)21-20-11-14-8-9-17(26-14)15-6-1-2-7-16(15)22(24)25/h1-11H,(H,21,23). The number of rotatable bonds is 5. The first kappa shape index (κ1) is 17.6. The van der Waals surface area contributed by atoms with Gasteiger partial charge in [0.15, 0.2) is 0 Å². The smallest absolute Gasteiger partial charge is 0.280 e. The van der Waals surface area contributed by atoms with Crippen molar-refractivity contribution < 1.29 is 14.1 Å². The first-order chi connectivity index (χ1) is 12.5. The van der Waals surface area contributed by atoms with Gasteiger partial charge in [-0.1, -0.05) is 34.1 Å². The lowest BCUT2D eigenvalue weighted by atomic mass is 10.1. The zero-order valence-electron chi connectivity index (χ0n) is 13.3. The predicted octanol–water partition coefficient (Wildman–Crippen LogP) is 4.38. The van der Waals surface area contributed by atoms with Crippen LogP contribution in [0.5, 0.6) is 0 Å². The molecule has 0 fully saturated rings. The fourth-order valence-corrected chi connectivity index (χ4v) is 2.66. The van der Waals surface area contributed by atoms with Crippen LogP contribution in [0.25, 0.3) is 11.3 Å². The highest BCUT2D eigenvalue weighted by Crippen LogP contribution is 2.30. The Bertz CT molecular complexity index is 997. The van der Waals surface area contributed by atoms with Gasteiger partial charge in [-0.2, -0.15) is 5.10 Å². The van der Waals surface area contributed by atoms with Crippen LogP contribution in [-0.2, 0) is 0 Å². The normalized spacial score (nSPS) is 10.8. The molecule has 0 radical (unpaired) electrons. The molecule has 0 saturated carbocycles. The molecular formula is C18H12BrN3O4. The minimum absolute atomic E-state index is 0.0479. The third-order valence-corrected chi connectivity index (χ3v) is 3.93. The van der Waals surface area contributed by atoms with Gasteiger partial charge in [-0.25, -0.2) is 5.43 Å². The molecule has 26 heavy (non-hydrogen) atoms. The molecule has 0 bridgehead atoms. The monoisotopic (exact) mass is 413 g/mol. The molecule has 1 aromatic heterocycles. The fraction of sp³-hybridized carbons (Fsp3) is 0. The number of hydrazone groups is 1. The number of carbonyl (C=O) groups excluding carboxylic acids is 1. The van der Waals surface area contributed by atoms with Gasteiger partial charge in [0.2, 0.25) is 0 Å². The number of furan rings is 1. The summed E-state index contributed by atoms with van der Waals surface area (Å²) in [6, 6.07) is 16.4. The molecule has 1 amide bonds. The highest BCUT2D eigenvalue weighted by atomic mass is 79.9. The molecule has 0 spiro atoms. The van der Waals surface area contributed by atoms with E-state index in [4.69, 9.17) is 4.42 Å². The van der Waals surface area contributed by atoms with E-state index in [0.717, 1.165) is 4.47 Å². The lowest BCUT2D eigenvalue weighted by Gasteiger charge is -2.00. The number of nitrogens with zero attached hydrogens (tertiary/aromatic N) is 2. The van der Waals surface area contributed by atoms with E-state index in [1.54, 1.807) is 48.5 Å². The highest BCUT2D eigenvalue weighted by Gasteiger charge is 2.16. The maximum atomic E-state index is 12.0. The Labute approximate surface area is 156 Å². The van der Waals surface area contributed by atoms with Crippen LogP contribution in [0.15, 0.2) is 74.7 Å². The van der Waals surface area contributed by atoms with Gasteiger partial charge in [0.05, 0.1) is 16.7 Å². The summed E-state index contributed by atoms with van der Waals surface area (Å²) >= 11 is 3.29. The van der Waals surface area contributed by atoms with Crippen molar-refractivity contribution in [3.63, 3.8) is 0 Å². The number of amides is 1. The Kier molecular flexibility index (Phi) is 5.23. The van der Waals surface area contributed by atoms with Crippen molar-refractivity contribution in [1.29, 1.82) is 0 Å². The highest BCUT2D eigenvalue weighted by molar-refractivity contribution is 9.10. The van der Waals surface area contributed by atoms with Crippen LogP contribution in [0.4, 0.5) is 5.69 Å². The molecule has 0 atom stereocenters. The third-order valence-electron chi connectivity index (χ3n) is 3.44. The average molecular weight is 414 g/mol. The van der Waals surface area contributed by atoms with Crippen molar-refractivity contribution in [3.8, 4) is 11.3 Å². The maximum Gasteiger partial charge on any atom is 0.280 e. The minimum Gasteiger partial charge on any atom is -0.455 e. The van der Waals surface area contributed by atoms with E-state index in [1.165, 1.54) is 12.3 Å². The maximum absolute atomic E-state index is 12.0. The topological polar surface area (TPSA) is 97.7 Å². The lowest BCUT2D eigenvalue weighted by Crippen LogP contribution is -2.17. The largest absolute Gasteiger partial charge is 0.455 e. The molecule has 1 N–H and O–H groups in total. The summed E-state index contributed by atoms with van der Waals surface area (Å²) in [7, 11) is 0. The number of nitro benzene ring substituents is 1. The van der Waals surface area contributed by atoms with Crippen molar-refractivity contribution >= 4 is 33.7 Å². The van der Waals surface area contributed by atoms with Crippen LogP contribution in [-0.4, -0.2) is 17.0 Å². The second-order valence-corrected chi connectivity index (χ2v) is 6.10. The molecule has 7 nitrogen and oxygen atoms in total. The Morgan fingerprint density at radius 2 is 1.96 bits per heavy atom. The Morgan fingerprint density at radius 3 is 2.73 bits per heavy atom. The number of hydrogen-bond donors (Lipinski definition) is 1. The van der Waals surface area contributed by atoms with Crippen molar-refractivity contribution in [2.24, 2.45) is 5.10 Å². The van der Waals surface area contributed by atoms with Crippen LogP contribution in [0.1, 0.15) is 16.1 Å². The molecule has 3 aromatic rings. The van der Waals surface area contributed by atoms with E-state index in [0.29, 0.717) is 22.6 Å². The van der Waals surface area contributed by atoms with Gasteiger partial charge in [0.1, 0.15) is 11.5 Å². The van der Waals surface area contributed by atoms with Crippen molar-refractivity contribution in [2.75, 3.05) is 0 Å². The summed E-state index contributed by atoms with van der Waals surface area (Å²) in [5.41, 5.74) is 3.17. The minimum atomic E-state index is -0.468. The van der Waals surface area contributed by atoms with E-state index < -0.39 is 4.92 Å². The molecule has 0 saturated heterocycles. The second kappa shape index (κ2) is 7.75. The number of nitro groups is 1. The second-order valence-electron chi connectivity index (χ2n) is 5.19. The lowest BCUT2D eigenvalue weighted by molar-refractivity contribution is -0.384. The summed E-state index contributed by atoms with van der Waals surface area (Å²) < 4.78 is 6.34. The van der Waals surface area contributed by atoms with Crippen molar-refractivity contribution in [2.45, 2.75) is 0 Å². The number of benzene rings is 2. The van der Waals surface area contributed by atoms with Crippen LogP contribution in [0.2, 0.25) is 0 Å². The van der Waals surface area contributed by atoms with Crippen LogP contribution < -0.4 is 5.43 Å². The summed E-state index contributed by atoms with van der Waals surface area (Å²) in [6.07, 6.45) is 1.33. The molecule has 8 heteroatoms. The Balaban J connectivity index is 1.72. The fourth-order valence-electron chi connectivity index (χ4n) is 2.26. The van der Waals surface area contributed by atoms with Gasteiger partial charge in [-0.15, -0.1) is 0 Å². The third kappa shape index (κ3) is 4.04. The van der Waals surface area contributed by atoms with Gasteiger partial charge >= 0.3 is 0 Å². The number of carbonyl (C=O) groups is 1. The van der Waals surface area contributed by atoms with E-state index in [2.05, 4.69) is 26.5 Å². The molecule has 0 aliphatic heterocycles. The van der Waals surface area contributed by atoms with Crippen molar-refractivity contribution in [3.05, 3.63) is 86.6 Å². The molecule has 0 aliphatic carbocycles. The first-order valence-electron chi connectivity index (χ1n) is 7.47. The number of halogens is 1. The van der Waals surface area contributed by atoms with Gasteiger partial charge in [-0.3, -0.25) is 14.9 Å². The molecule has 130 valence electrons. The van der Waals surface area contributed by atoms with Gasteiger partial charge in [-0.05, 0) is 36.4 Å². The molecule has 1 heterocycles. The number of para-hydroxylation sites is 1. The van der Waals surface area contributed by atoms with Crippen molar-refractivity contribution in [1.82, 2.24) is 5.43 Å². The molecule has 2 aromatic carbocycles.